The van der Waals surface area contributed by atoms with Crippen molar-refractivity contribution >= 4 is 28.8 Å². The maximum absolute atomic E-state index is 12.5. The third-order valence-electron chi connectivity index (χ3n) is 6.54. The Hall–Kier alpha value is -4.00. The number of benzene rings is 2. The molecule has 1 atom stereocenters. The van der Waals surface area contributed by atoms with E-state index < -0.39 is 4.92 Å². The third kappa shape index (κ3) is 6.78. The number of nitrogens with zero attached hydrogens (tertiary/aromatic N) is 2. The molecule has 0 radical (unpaired) electrons. The van der Waals surface area contributed by atoms with E-state index in [1.165, 1.54) is 23.3 Å². The van der Waals surface area contributed by atoms with Gasteiger partial charge < -0.3 is 10.6 Å². The number of amidine groups is 1. The summed E-state index contributed by atoms with van der Waals surface area (Å²) in [5, 5.41) is 17.2. The highest BCUT2D eigenvalue weighted by Gasteiger charge is 2.21. The number of carbonyl (C=O) groups excluding carboxylic acids is 1. The number of hydrogen-bond acceptors (Lipinski definition) is 4. The van der Waals surface area contributed by atoms with Crippen molar-refractivity contribution in [1.29, 1.82) is 0 Å². The Kier molecular flexibility index (Phi) is 8.95. The molecule has 1 heterocycles. The second-order valence-corrected chi connectivity index (χ2v) is 9.12. The summed E-state index contributed by atoms with van der Waals surface area (Å²) in [5.74, 6) is 1.12. The van der Waals surface area contributed by atoms with Crippen LogP contribution in [-0.2, 0) is 11.2 Å². The molecule has 2 aromatic rings. The summed E-state index contributed by atoms with van der Waals surface area (Å²) in [7, 11) is 0. The minimum Gasteiger partial charge on any atom is -0.339 e. The molecule has 2 aromatic carbocycles. The molecule has 0 saturated heterocycles. The van der Waals surface area contributed by atoms with E-state index in [0.717, 1.165) is 35.5 Å². The van der Waals surface area contributed by atoms with Crippen LogP contribution in [0.5, 0.6) is 0 Å². The lowest BCUT2D eigenvalue weighted by Crippen LogP contribution is -2.18. The average Bonchev–Trinajstić information content (AvgIpc) is 3.31. The molecule has 0 fully saturated rings. The SMILES string of the molecule is CCC(C)=CN=C1NC(c2ccc(NC(=O)Cc3ccc([N+](=O)[O-])cc3)cc2)=C/C1=C(/C)C(C)CC. The van der Waals surface area contributed by atoms with Gasteiger partial charge in [0.1, 0.15) is 5.84 Å². The number of hydrogen-bond donors (Lipinski definition) is 2. The fourth-order valence-electron chi connectivity index (χ4n) is 3.70. The smallest absolute Gasteiger partial charge is 0.269 e. The molecule has 2 N–H and O–H groups in total. The first kappa shape index (κ1) is 26.6. The van der Waals surface area contributed by atoms with Crippen molar-refractivity contribution in [2.75, 3.05) is 5.32 Å². The molecule has 7 nitrogen and oxygen atoms in total. The van der Waals surface area contributed by atoms with Crippen LogP contribution in [0, 0.1) is 16.0 Å². The summed E-state index contributed by atoms with van der Waals surface area (Å²) in [5.41, 5.74) is 7.02. The van der Waals surface area contributed by atoms with E-state index in [1.54, 1.807) is 12.1 Å². The number of nitrogens with one attached hydrogen (secondary N) is 2. The first-order valence-corrected chi connectivity index (χ1v) is 12.3. The van der Waals surface area contributed by atoms with E-state index in [1.807, 2.05) is 30.5 Å². The Morgan fingerprint density at radius 2 is 1.78 bits per heavy atom. The summed E-state index contributed by atoms with van der Waals surface area (Å²) in [4.78, 5) is 27.5. The van der Waals surface area contributed by atoms with Crippen molar-refractivity contribution in [3.63, 3.8) is 0 Å². The Morgan fingerprint density at radius 1 is 1.11 bits per heavy atom. The van der Waals surface area contributed by atoms with Gasteiger partial charge in [0, 0.05) is 35.3 Å². The van der Waals surface area contributed by atoms with Crippen molar-refractivity contribution in [3.05, 3.63) is 98.8 Å². The molecule has 0 aliphatic carbocycles. The molecule has 0 aromatic heterocycles. The van der Waals surface area contributed by atoms with Crippen LogP contribution in [0.2, 0.25) is 0 Å². The van der Waals surface area contributed by atoms with Crippen LogP contribution in [0.15, 0.2) is 82.5 Å². The molecular weight excluding hydrogens is 452 g/mol. The summed E-state index contributed by atoms with van der Waals surface area (Å²) in [6.45, 7) is 10.8. The summed E-state index contributed by atoms with van der Waals surface area (Å²) in [6.07, 6.45) is 6.23. The number of nitro benzene ring substituents is 1. The summed E-state index contributed by atoms with van der Waals surface area (Å²) >= 11 is 0. The van der Waals surface area contributed by atoms with Crippen LogP contribution in [0.3, 0.4) is 0 Å². The largest absolute Gasteiger partial charge is 0.339 e. The maximum atomic E-state index is 12.5. The minimum atomic E-state index is -0.456. The molecule has 1 aliphatic heterocycles. The van der Waals surface area contributed by atoms with Crippen LogP contribution in [0.4, 0.5) is 11.4 Å². The molecule has 1 amide bonds. The van der Waals surface area contributed by atoms with Gasteiger partial charge in [0.15, 0.2) is 0 Å². The van der Waals surface area contributed by atoms with Crippen LogP contribution in [0.1, 0.15) is 58.6 Å². The van der Waals surface area contributed by atoms with Crippen molar-refractivity contribution in [2.24, 2.45) is 10.9 Å². The number of allylic oxidation sites excluding steroid dienone is 2. The summed E-state index contributed by atoms with van der Waals surface area (Å²) < 4.78 is 0. The molecule has 0 spiro atoms. The zero-order valence-electron chi connectivity index (χ0n) is 21.6. The fraction of sp³-hybridized carbons (Fsp3) is 0.310. The van der Waals surface area contributed by atoms with Crippen molar-refractivity contribution in [2.45, 2.75) is 53.9 Å². The number of carbonyl (C=O) groups is 1. The first-order valence-electron chi connectivity index (χ1n) is 12.3. The molecule has 36 heavy (non-hydrogen) atoms. The van der Waals surface area contributed by atoms with Gasteiger partial charge in [-0.15, -0.1) is 0 Å². The topological polar surface area (TPSA) is 96.6 Å². The van der Waals surface area contributed by atoms with Gasteiger partial charge in [0.05, 0.1) is 11.3 Å². The molecule has 3 rings (SSSR count). The van der Waals surface area contributed by atoms with Crippen LogP contribution in [-0.4, -0.2) is 16.7 Å². The van der Waals surface area contributed by atoms with Crippen LogP contribution < -0.4 is 10.6 Å². The number of nitro groups is 1. The zero-order valence-corrected chi connectivity index (χ0v) is 21.6. The molecular formula is C29H34N4O3. The Bertz CT molecular complexity index is 1240. The lowest BCUT2D eigenvalue weighted by atomic mass is 9.94. The number of aliphatic imine (C=N–C) groups is 1. The van der Waals surface area contributed by atoms with Crippen molar-refractivity contribution in [3.8, 4) is 0 Å². The van der Waals surface area contributed by atoms with Gasteiger partial charge in [0.25, 0.3) is 5.69 Å². The van der Waals surface area contributed by atoms with Gasteiger partial charge in [-0.3, -0.25) is 14.9 Å². The van der Waals surface area contributed by atoms with Gasteiger partial charge in [-0.25, -0.2) is 4.99 Å². The normalized spacial score (nSPS) is 16.9. The van der Waals surface area contributed by atoms with E-state index in [0.29, 0.717) is 17.2 Å². The van der Waals surface area contributed by atoms with E-state index in [9.17, 15) is 14.9 Å². The second-order valence-electron chi connectivity index (χ2n) is 9.12. The molecule has 0 bridgehead atoms. The van der Waals surface area contributed by atoms with E-state index in [2.05, 4.69) is 51.3 Å². The highest BCUT2D eigenvalue weighted by Crippen LogP contribution is 2.28. The number of rotatable bonds is 9. The number of anilines is 1. The molecule has 7 heteroatoms. The molecule has 0 saturated carbocycles. The van der Waals surface area contributed by atoms with Crippen LogP contribution in [0.25, 0.3) is 5.70 Å². The fourth-order valence-corrected chi connectivity index (χ4v) is 3.70. The zero-order chi connectivity index (χ0) is 26.2. The number of non-ortho nitro benzene ring substituents is 1. The number of amides is 1. The van der Waals surface area contributed by atoms with E-state index in [4.69, 9.17) is 4.99 Å². The van der Waals surface area contributed by atoms with Gasteiger partial charge in [-0.1, -0.05) is 56.2 Å². The lowest BCUT2D eigenvalue weighted by Gasteiger charge is -2.12. The quantitative estimate of drug-likeness (QED) is 0.301. The van der Waals surface area contributed by atoms with Crippen molar-refractivity contribution < 1.29 is 9.72 Å². The Labute approximate surface area is 212 Å². The van der Waals surface area contributed by atoms with Gasteiger partial charge in [-0.2, -0.15) is 0 Å². The van der Waals surface area contributed by atoms with Crippen molar-refractivity contribution in [1.82, 2.24) is 5.32 Å². The Morgan fingerprint density at radius 3 is 2.36 bits per heavy atom. The minimum absolute atomic E-state index is 0.00615. The first-order chi connectivity index (χ1) is 17.2. The van der Waals surface area contributed by atoms with Gasteiger partial charge in [0.2, 0.25) is 5.91 Å². The van der Waals surface area contributed by atoms with E-state index >= 15 is 0 Å². The second kappa shape index (κ2) is 12.1. The van der Waals surface area contributed by atoms with E-state index in [-0.39, 0.29) is 18.0 Å². The summed E-state index contributed by atoms with van der Waals surface area (Å²) in [6, 6.07) is 13.7. The Balaban J connectivity index is 1.74. The molecule has 1 aliphatic rings. The predicted octanol–water partition coefficient (Wildman–Crippen LogP) is 6.80. The monoisotopic (exact) mass is 486 g/mol. The molecule has 1 unspecified atom stereocenters. The highest BCUT2D eigenvalue weighted by atomic mass is 16.6. The lowest BCUT2D eigenvalue weighted by molar-refractivity contribution is -0.384. The third-order valence-corrected chi connectivity index (χ3v) is 6.54. The van der Waals surface area contributed by atoms with Crippen LogP contribution >= 0.6 is 0 Å². The predicted molar refractivity (Wildman–Crippen MR) is 147 cm³/mol. The standard InChI is InChI=1S/C29H34N4O3/c1-6-19(3)18-30-29-26(21(5)20(4)7-2)17-27(32-29)23-10-12-24(13-11-23)31-28(34)16-22-8-14-25(15-9-22)33(35)36/h8-15,17-18,20H,6-7,16H2,1-5H3,(H,30,32)(H,31,34)/b19-18?,26-21+. The highest BCUT2D eigenvalue weighted by molar-refractivity contribution is 6.12. The average molecular weight is 487 g/mol. The van der Waals surface area contributed by atoms with Gasteiger partial charge >= 0.3 is 0 Å². The molecule has 188 valence electrons. The van der Waals surface area contributed by atoms with Gasteiger partial charge in [-0.05, 0) is 61.9 Å². The maximum Gasteiger partial charge on any atom is 0.269 e.